The van der Waals surface area contributed by atoms with E-state index in [1.807, 2.05) is 6.92 Å². The fourth-order valence-electron chi connectivity index (χ4n) is 6.53. The second-order valence-corrected chi connectivity index (χ2v) is 9.10. The standard InChI is InChI=1S/C23H31NO2/c1-4-26-17-7-9-23(3)20-8-10-22(2)16(13-24)5-6-19(22)18(20)11-15(14-25)21(23)12-17/h8,12,16,18-19,25H,4-7,9-11,14H2,1-3H3/t16-,18+,19+,22-,23-/m1/s1. The number of rotatable bonds is 3. The summed E-state index contributed by atoms with van der Waals surface area (Å²) >= 11 is 0. The van der Waals surface area contributed by atoms with E-state index in [9.17, 15) is 10.4 Å². The molecule has 0 aliphatic heterocycles. The SMILES string of the molecule is CCOC1=CC2=C(CO)C[C@@H]3C(=CC[C@]4(C)[C@@H](C#N)CC[C@@H]34)[C@@]2(C)CC1. The van der Waals surface area contributed by atoms with E-state index in [0.29, 0.717) is 18.4 Å². The third-order valence-electron chi connectivity index (χ3n) is 7.99. The van der Waals surface area contributed by atoms with Crippen molar-refractivity contribution in [2.45, 2.75) is 59.3 Å². The first-order valence-corrected chi connectivity index (χ1v) is 10.2. The molecule has 26 heavy (non-hydrogen) atoms. The van der Waals surface area contributed by atoms with E-state index in [0.717, 1.165) is 44.3 Å². The fourth-order valence-corrected chi connectivity index (χ4v) is 6.53. The molecule has 4 aliphatic rings. The normalized spacial score (nSPS) is 41.4. The molecular weight excluding hydrogens is 322 g/mol. The first kappa shape index (κ1) is 17.9. The highest BCUT2D eigenvalue weighted by atomic mass is 16.5. The third kappa shape index (κ3) is 2.34. The number of aliphatic hydroxyl groups excluding tert-OH is 1. The van der Waals surface area contributed by atoms with E-state index >= 15 is 0 Å². The summed E-state index contributed by atoms with van der Waals surface area (Å²) < 4.78 is 5.81. The Morgan fingerprint density at radius 3 is 2.85 bits per heavy atom. The fraction of sp³-hybridized carbons (Fsp3) is 0.696. The summed E-state index contributed by atoms with van der Waals surface area (Å²) in [6.07, 6.45) is 10.9. The summed E-state index contributed by atoms with van der Waals surface area (Å²) in [6.45, 7) is 7.57. The van der Waals surface area contributed by atoms with E-state index in [1.165, 1.54) is 11.1 Å². The molecule has 0 aromatic heterocycles. The number of hydrogen-bond acceptors (Lipinski definition) is 3. The smallest absolute Gasteiger partial charge is 0.0963 e. The topological polar surface area (TPSA) is 53.2 Å². The molecule has 3 heteroatoms. The van der Waals surface area contributed by atoms with Gasteiger partial charge in [-0.05, 0) is 73.5 Å². The number of nitriles is 1. The average Bonchev–Trinajstić information content (AvgIpc) is 2.98. The molecule has 5 atom stereocenters. The molecule has 0 unspecified atom stereocenters. The molecule has 0 aromatic rings. The molecule has 4 aliphatic carbocycles. The van der Waals surface area contributed by atoms with E-state index in [2.05, 4.69) is 32.1 Å². The predicted octanol–water partition coefficient (Wildman–Crippen LogP) is 4.90. The van der Waals surface area contributed by atoms with Crippen LogP contribution in [0, 0.1) is 39.9 Å². The van der Waals surface area contributed by atoms with Crippen molar-refractivity contribution in [2.75, 3.05) is 13.2 Å². The predicted molar refractivity (Wildman–Crippen MR) is 102 cm³/mol. The highest BCUT2D eigenvalue weighted by Crippen LogP contribution is 2.64. The van der Waals surface area contributed by atoms with Crippen LogP contribution in [0.3, 0.4) is 0 Å². The van der Waals surface area contributed by atoms with Crippen LogP contribution in [0.4, 0.5) is 0 Å². The van der Waals surface area contributed by atoms with Crippen LogP contribution < -0.4 is 0 Å². The van der Waals surface area contributed by atoms with Crippen LogP contribution in [0.5, 0.6) is 0 Å². The molecule has 1 fully saturated rings. The highest BCUT2D eigenvalue weighted by molar-refractivity contribution is 5.49. The van der Waals surface area contributed by atoms with Gasteiger partial charge in [-0.1, -0.05) is 25.5 Å². The van der Waals surface area contributed by atoms with Crippen molar-refractivity contribution >= 4 is 0 Å². The zero-order valence-corrected chi connectivity index (χ0v) is 16.3. The van der Waals surface area contributed by atoms with Crippen molar-refractivity contribution in [3.8, 4) is 6.07 Å². The number of hydrogen-bond donors (Lipinski definition) is 1. The number of ether oxygens (including phenoxy) is 1. The first-order chi connectivity index (χ1) is 12.5. The maximum atomic E-state index is 10.2. The molecule has 0 saturated heterocycles. The van der Waals surface area contributed by atoms with E-state index in [-0.39, 0.29) is 23.4 Å². The summed E-state index contributed by atoms with van der Waals surface area (Å²) in [5.74, 6) is 2.31. The lowest BCUT2D eigenvalue weighted by Crippen LogP contribution is -2.44. The highest BCUT2D eigenvalue weighted by Gasteiger charge is 2.56. The Labute approximate surface area is 157 Å². The maximum absolute atomic E-state index is 10.2. The minimum atomic E-state index is 0.0215. The number of allylic oxidation sites excluding steroid dienone is 5. The Morgan fingerprint density at radius 1 is 1.35 bits per heavy atom. The van der Waals surface area contributed by atoms with Crippen LogP contribution in [0.1, 0.15) is 59.3 Å². The maximum Gasteiger partial charge on any atom is 0.0963 e. The van der Waals surface area contributed by atoms with Gasteiger partial charge in [-0.2, -0.15) is 5.26 Å². The van der Waals surface area contributed by atoms with Crippen molar-refractivity contribution in [2.24, 2.45) is 28.6 Å². The van der Waals surface area contributed by atoms with Crippen molar-refractivity contribution < 1.29 is 9.84 Å². The van der Waals surface area contributed by atoms with Gasteiger partial charge >= 0.3 is 0 Å². The lowest BCUT2D eigenvalue weighted by molar-refractivity contribution is 0.107. The molecule has 4 rings (SSSR count). The van der Waals surface area contributed by atoms with Crippen LogP contribution in [0.2, 0.25) is 0 Å². The number of nitrogens with zero attached hydrogens (tertiary/aromatic N) is 1. The minimum Gasteiger partial charge on any atom is -0.498 e. The third-order valence-corrected chi connectivity index (χ3v) is 7.99. The molecule has 0 amide bonds. The van der Waals surface area contributed by atoms with Crippen molar-refractivity contribution in [3.63, 3.8) is 0 Å². The zero-order valence-electron chi connectivity index (χ0n) is 16.3. The Hall–Kier alpha value is -1.53. The van der Waals surface area contributed by atoms with Crippen molar-refractivity contribution in [1.82, 2.24) is 0 Å². The Morgan fingerprint density at radius 2 is 2.15 bits per heavy atom. The lowest BCUT2D eigenvalue weighted by atomic mass is 9.51. The molecule has 1 N–H and O–H groups in total. The van der Waals surface area contributed by atoms with Gasteiger partial charge in [0.05, 0.1) is 31.0 Å². The quantitative estimate of drug-likeness (QED) is 0.734. The summed E-state index contributed by atoms with van der Waals surface area (Å²) in [4.78, 5) is 0. The van der Waals surface area contributed by atoms with E-state index in [1.54, 1.807) is 5.57 Å². The van der Waals surface area contributed by atoms with Gasteiger partial charge in [0.25, 0.3) is 0 Å². The van der Waals surface area contributed by atoms with Gasteiger partial charge in [0.15, 0.2) is 0 Å². The molecule has 0 bridgehead atoms. The van der Waals surface area contributed by atoms with Crippen LogP contribution >= 0.6 is 0 Å². The number of fused-ring (bicyclic) bond motifs is 5. The van der Waals surface area contributed by atoms with Gasteiger partial charge in [-0.3, -0.25) is 0 Å². The summed E-state index contributed by atoms with van der Waals surface area (Å²) in [7, 11) is 0. The number of aliphatic hydroxyl groups is 1. The van der Waals surface area contributed by atoms with Gasteiger partial charge in [0.1, 0.15) is 0 Å². The van der Waals surface area contributed by atoms with E-state index < -0.39 is 0 Å². The van der Waals surface area contributed by atoms with Gasteiger partial charge in [0.2, 0.25) is 0 Å². The molecule has 0 radical (unpaired) electrons. The molecule has 140 valence electrons. The molecule has 0 spiro atoms. The summed E-state index contributed by atoms with van der Waals surface area (Å²) in [6, 6.07) is 2.59. The molecular formula is C23H31NO2. The second kappa shape index (κ2) is 6.27. The summed E-state index contributed by atoms with van der Waals surface area (Å²) in [5, 5.41) is 19.8. The Balaban J connectivity index is 1.78. The van der Waals surface area contributed by atoms with Crippen LogP contribution in [0.15, 0.2) is 34.6 Å². The lowest BCUT2D eigenvalue weighted by Gasteiger charge is -2.53. The molecule has 0 heterocycles. The van der Waals surface area contributed by atoms with Crippen LogP contribution in [-0.4, -0.2) is 18.3 Å². The molecule has 3 nitrogen and oxygen atoms in total. The van der Waals surface area contributed by atoms with E-state index in [4.69, 9.17) is 4.74 Å². The monoisotopic (exact) mass is 353 g/mol. The van der Waals surface area contributed by atoms with Crippen molar-refractivity contribution in [3.05, 3.63) is 34.6 Å². The van der Waals surface area contributed by atoms with Gasteiger partial charge in [0, 0.05) is 11.8 Å². The van der Waals surface area contributed by atoms with Crippen LogP contribution in [0.25, 0.3) is 0 Å². The van der Waals surface area contributed by atoms with Gasteiger partial charge in [-0.15, -0.1) is 0 Å². The molecule has 0 aromatic carbocycles. The summed E-state index contributed by atoms with van der Waals surface area (Å²) in [5.41, 5.74) is 4.20. The Bertz CT molecular complexity index is 740. The van der Waals surface area contributed by atoms with Crippen LogP contribution in [-0.2, 0) is 4.74 Å². The minimum absolute atomic E-state index is 0.0215. The van der Waals surface area contributed by atoms with Crippen molar-refractivity contribution in [1.29, 1.82) is 5.26 Å². The van der Waals surface area contributed by atoms with Gasteiger partial charge < -0.3 is 9.84 Å². The first-order valence-electron chi connectivity index (χ1n) is 10.2. The largest absolute Gasteiger partial charge is 0.498 e. The Kier molecular flexibility index (Phi) is 4.31. The zero-order chi connectivity index (χ0) is 18.5. The van der Waals surface area contributed by atoms with Gasteiger partial charge in [-0.25, -0.2) is 0 Å². The molecule has 1 saturated carbocycles. The second-order valence-electron chi connectivity index (χ2n) is 9.10. The average molecular weight is 354 g/mol.